The van der Waals surface area contributed by atoms with Crippen LogP contribution < -0.4 is 10.9 Å². The fourth-order valence-corrected chi connectivity index (χ4v) is 2.47. The molecule has 1 aromatic heterocycles. The first-order chi connectivity index (χ1) is 10.1. The molecule has 0 atom stereocenters. The topological polar surface area (TPSA) is 44.9 Å². The summed E-state index contributed by atoms with van der Waals surface area (Å²) < 4.78 is 0. The summed E-state index contributed by atoms with van der Waals surface area (Å²) in [6.07, 6.45) is 0. The van der Waals surface area contributed by atoms with Crippen molar-refractivity contribution in [2.24, 2.45) is 0 Å². The van der Waals surface area contributed by atoms with Crippen LogP contribution in [0.15, 0.2) is 53.3 Å². The van der Waals surface area contributed by atoms with Gasteiger partial charge in [-0.1, -0.05) is 35.9 Å². The average molecular weight is 299 g/mol. The molecule has 1 heterocycles. The lowest BCUT2D eigenvalue weighted by molar-refractivity contribution is 1.09. The third-order valence-electron chi connectivity index (χ3n) is 3.42. The number of aromatic amines is 1. The number of para-hydroxylation sites is 1. The zero-order chi connectivity index (χ0) is 14.8. The highest BCUT2D eigenvalue weighted by molar-refractivity contribution is 6.33. The molecule has 0 unspecified atom stereocenters. The van der Waals surface area contributed by atoms with E-state index in [9.17, 15) is 4.79 Å². The number of halogens is 1. The number of pyridine rings is 1. The molecule has 4 heteroatoms. The Labute approximate surface area is 127 Å². The number of hydrogen-bond acceptors (Lipinski definition) is 2. The Morgan fingerprint density at radius 2 is 1.95 bits per heavy atom. The van der Waals surface area contributed by atoms with E-state index in [1.54, 1.807) is 0 Å². The van der Waals surface area contributed by atoms with Crippen LogP contribution in [-0.4, -0.2) is 4.98 Å². The molecule has 0 radical (unpaired) electrons. The molecule has 21 heavy (non-hydrogen) atoms. The summed E-state index contributed by atoms with van der Waals surface area (Å²) in [4.78, 5) is 15.0. The van der Waals surface area contributed by atoms with Gasteiger partial charge in [-0.3, -0.25) is 4.79 Å². The molecule has 0 amide bonds. The van der Waals surface area contributed by atoms with Crippen LogP contribution in [0.1, 0.15) is 11.1 Å². The van der Waals surface area contributed by atoms with Crippen molar-refractivity contribution >= 4 is 28.2 Å². The van der Waals surface area contributed by atoms with Gasteiger partial charge in [-0.05, 0) is 42.1 Å². The first-order valence-corrected chi connectivity index (χ1v) is 7.12. The molecule has 0 aliphatic heterocycles. The molecule has 0 aliphatic rings. The number of hydrogen-bond donors (Lipinski definition) is 2. The summed E-state index contributed by atoms with van der Waals surface area (Å²) >= 11 is 6.15. The monoisotopic (exact) mass is 298 g/mol. The van der Waals surface area contributed by atoms with E-state index in [1.807, 2.05) is 55.5 Å². The molecule has 0 saturated carbocycles. The van der Waals surface area contributed by atoms with E-state index < -0.39 is 0 Å². The van der Waals surface area contributed by atoms with Crippen LogP contribution in [0.4, 0.5) is 5.69 Å². The van der Waals surface area contributed by atoms with Gasteiger partial charge in [-0.25, -0.2) is 0 Å². The molecule has 0 aliphatic carbocycles. The minimum absolute atomic E-state index is 0.0787. The number of aromatic nitrogens is 1. The van der Waals surface area contributed by atoms with Gasteiger partial charge in [0.05, 0.1) is 10.7 Å². The zero-order valence-corrected chi connectivity index (χ0v) is 12.4. The van der Waals surface area contributed by atoms with Crippen molar-refractivity contribution in [3.8, 4) is 0 Å². The molecule has 0 spiro atoms. The SMILES string of the molecule is Cc1ccc(Cl)c(NCc2cc3ccccc3[nH]c2=O)c1. The van der Waals surface area contributed by atoms with Crippen LogP contribution >= 0.6 is 11.6 Å². The van der Waals surface area contributed by atoms with Crippen molar-refractivity contribution in [1.82, 2.24) is 4.98 Å². The summed E-state index contributed by atoms with van der Waals surface area (Å²) in [7, 11) is 0. The number of rotatable bonds is 3. The normalized spacial score (nSPS) is 10.8. The second kappa shape index (κ2) is 5.62. The Morgan fingerprint density at radius 3 is 2.81 bits per heavy atom. The van der Waals surface area contributed by atoms with Crippen molar-refractivity contribution < 1.29 is 0 Å². The van der Waals surface area contributed by atoms with Crippen molar-refractivity contribution in [2.75, 3.05) is 5.32 Å². The van der Waals surface area contributed by atoms with Crippen LogP contribution in [-0.2, 0) is 6.54 Å². The van der Waals surface area contributed by atoms with Gasteiger partial charge in [0.2, 0.25) is 0 Å². The van der Waals surface area contributed by atoms with Gasteiger partial charge in [0.1, 0.15) is 0 Å². The van der Waals surface area contributed by atoms with Gasteiger partial charge in [0.15, 0.2) is 0 Å². The molecule has 2 aromatic carbocycles. The van der Waals surface area contributed by atoms with Gasteiger partial charge in [-0.2, -0.15) is 0 Å². The Bertz CT molecular complexity index is 855. The summed E-state index contributed by atoms with van der Waals surface area (Å²) in [5, 5.41) is 4.89. The van der Waals surface area contributed by atoms with Gasteiger partial charge >= 0.3 is 0 Å². The predicted octanol–water partition coefficient (Wildman–Crippen LogP) is 4.10. The third kappa shape index (κ3) is 2.93. The predicted molar refractivity (Wildman–Crippen MR) is 88.1 cm³/mol. The maximum atomic E-state index is 12.1. The number of anilines is 1. The molecular formula is C17H15ClN2O. The highest BCUT2D eigenvalue weighted by Crippen LogP contribution is 2.23. The molecular weight excluding hydrogens is 284 g/mol. The largest absolute Gasteiger partial charge is 0.380 e. The lowest BCUT2D eigenvalue weighted by atomic mass is 10.1. The number of benzene rings is 2. The highest BCUT2D eigenvalue weighted by atomic mass is 35.5. The molecule has 3 nitrogen and oxygen atoms in total. The molecule has 3 rings (SSSR count). The molecule has 106 valence electrons. The van der Waals surface area contributed by atoms with Crippen LogP contribution in [0, 0.1) is 6.92 Å². The smallest absolute Gasteiger partial charge is 0.253 e. The minimum Gasteiger partial charge on any atom is -0.380 e. The van der Waals surface area contributed by atoms with E-state index in [4.69, 9.17) is 11.6 Å². The Balaban J connectivity index is 1.90. The van der Waals surface area contributed by atoms with Gasteiger partial charge in [0, 0.05) is 17.6 Å². The maximum absolute atomic E-state index is 12.1. The summed E-state index contributed by atoms with van der Waals surface area (Å²) in [6, 6.07) is 15.4. The zero-order valence-electron chi connectivity index (χ0n) is 11.6. The van der Waals surface area contributed by atoms with E-state index in [2.05, 4.69) is 10.3 Å². The lowest BCUT2D eigenvalue weighted by Gasteiger charge is -2.09. The highest BCUT2D eigenvalue weighted by Gasteiger charge is 2.05. The molecule has 0 saturated heterocycles. The Hall–Kier alpha value is -2.26. The van der Waals surface area contributed by atoms with E-state index in [-0.39, 0.29) is 5.56 Å². The van der Waals surface area contributed by atoms with Crippen LogP contribution in [0.25, 0.3) is 10.9 Å². The van der Waals surface area contributed by atoms with E-state index in [0.717, 1.165) is 22.2 Å². The van der Waals surface area contributed by atoms with E-state index in [0.29, 0.717) is 17.1 Å². The van der Waals surface area contributed by atoms with Crippen LogP contribution in [0.2, 0.25) is 5.02 Å². The summed E-state index contributed by atoms with van der Waals surface area (Å²) in [5.41, 5.74) is 3.41. The Morgan fingerprint density at radius 1 is 1.14 bits per heavy atom. The quantitative estimate of drug-likeness (QED) is 0.764. The summed E-state index contributed by atoms with van der Waals surface area (Å²) in [5.74, 6) is 0. The molecule has 3 aromatic rings. The Kier molecular flexibility index (Phi) is 3.67. The first-order valence-electron chi connectivity index (χ1n) is 6.74. The minimum atomic E-state index is -0.0787. The second-order valence-electron chi connectivity index (χ2n) is 5.05. The van der Waals surface area contributed by atoms with Gasteiger partial charge in [-0.15, -0.1) is 0 Å². The van der Waals surface area contributed by atoms with E-state index >= 15 is 0 Å². The fraction of sp³-hybridized carbons (Fsp3) is 0.118. The molecule has 0 bridgehead atoms. The standard InChI is InChI=1S/C17H15ClN2O/c1-11-6-7-14(18)16(8-11)19-10-13-9-12-4-2-3-5-15(12)20-17(13)21/h2-9,19H,10H2,1H3,(H,20,21). The van der Waals surface area contributed by atoms with Crippen molar-refractivity contribution in [2.45, 2.75) is 13.5 Å². The second-order valence-corrected chi connectivity index (χ2v) is 5.46. The van der Waals surface area contributed by atoms with E-state index in [1.165, 1.54) is 0 Å². The van der Waals surface area contributed by atoms with Crippen molar-refractivity contribution in [3.63, 3.8) is 0 Å². The lowest BCUT2D eigenvalue weighted by Crippen LogP contribution is -2.15. The summed E-state index contributed by atoms with van der Waals surface area (Å²) in [6.45, 7) is 2.44. The third-order valence-corrected chi connectivity index (χ3v) is 3.75. The van der Waals surface area contributed by atoms with Crippen LogP contribution in [0.5, 0.6) is 0 Å². The van der Waals surface area contributed by atoms with Gasteiger partial charge < -0.3 is 10.3 Å². The number of aryl methyl sites for hydroxylation is 1. The average Bonchev–Trinajstić information content (AvgIpc) is 2.48. The number of fused-ring (bicyclic) bond motifs is 1. The maximum Gasteiger partial charge on any atom is 0.253 e. The molecule has 2 N–H and O–H groups in total. The van der Waals surface area contributed by atoms with Gasteiger partial charge in [0.25, 0.3) is 5.56 Å². The number of H-pyrrole nitrogens is 1. The first kappa shape index (κ1) is 13.7. The van der Waals surface area contributed by atoms with Crippen molar-refractivity contribution in [3.05, 3.63) is 75.0 Å². The number of nitrogens with one attached hydrogen (secondary N) is 2. The van der Waals surface area contributed by atoms with Crippen LogP contribution in [0.3, 0.4) is 0 Å². The van der Waals surface area contributed by atoms with Crippen molar-refractivity contribution in [1.29, 1.82) is 0 Å². The molecule has 0 fully saturated rings. The fourth-order valence-electron chi connectivity index (χ4n) is 2.29.